The van der Waals surface area contributed by atoms with E-state index in [-0.39, 0.29) is 35.7 Å². The maximum absolute atomic E-state index is 13.7. The number of methoxy groups -OCH3 is 1. The number of hydrogen-bond acceptors (Lipinski definition) is 8. The van der Waals surface area contributed by atoms with Gasteiger partial charge in [-0.15, -0.1) is 0 Å². The van der Waals surface area contributed by atoms with Crippen molar-refractivity contribution in [2.24, 2.45) is 11.8 Å². The average Bonchev–Trinajstić information content (AvgIpc) is 4.04. The molecule has 3 aliphatic heterocycles. The Labute approximate surface area is 328 Å². The number of aromatic amines is 2. The summed E-state index contributed by atoms with van der Waals surface area (Å²) < 4.78 is 13.3. The first-order chi connectivity index (χ1) is 27.4. The highest BCUT2D eigenvalue weighted by atomic mass is 16.5. The van der Waals surface area contributed by atoms with E-state index < -0.39 is 24.3 Å². The van der Waals surface area contributed by atoms with E-state index in [1.165, 1.54) is 7.11 Å². The molecular formula is C41H47N9O7. The number of hydrogen-bond donors (Lipinski definition) is 5. The minimum atomic E-state index is -1.22. The Morgan fingerprint density at radius 3 is 2.04 bits per heavy atom. The Kier molecular flexibility index (Phi) is 9.87. The number of alkyl carbamates (subject to hydrolysis) is 1. The lowest BCUT2D eigenvalue weighted by atomic mass is 10.0. The molecule has 0 saturated carbocycles. The van der Waals surface area contributed by atoms with Gasteiger partial charge in [0.15, 0.2) is 11.5 Å². The predicted octanol–water partition coefficient (Wildman–Crippen LogP) is 6.52. The molecule has 298 valence electrons. The molecule has 6 heterocycles. The van der Waals surface area contributed by atoms with Gasteiger partial charge in [0.25, 0.3) is 0 Å². The fraction of sp³-hybridized carbons (Fsp3) is 0.415. The second-order valence-electron chi connectivity index (χ2n) is 15.6. The summed E-state index contributed by atoms with van der Waals surface area (Å²) in [5.74, 6) is 2.01. The zero-order chi connectivity index (χ0) is 40.1. The van der Waals surface area contributed by atoms with Crippen LogP contribution in [0.15, 0.2) is 55.0 Å². The van der Waals surface area contributed by atoms with Crippen LogP contribution in [-0.4, -0.2) is 95.7 Å². The smallest absolute Gasteiger partial charge is 0.407 e. The largest absolute Gasteiger partial charge is 0.465 e. The Bertz CT molecular complexity index is 2360. The number of imidazole rings is 2. The number of carbonyl (C=O) groups is 4. The minimum Gasteiger partial charge on any atom is -0.465 e. The lowest BCUT2D eigenvalue weighted by Crippen LogP contribution is -2.51. The zero-order valence-electron chi connectivity index (χ0n) is 32.5. The van der Waals surface area contributed by atoms with Gasteiger partial charge in [-0.1, -0.05) is 27.7 Å². The molecule has 0 radical (unpaired) electrons. The van der Waals surface area contributed by atoms with Crippen molar-refractivity contribution >= 4 is 34.9 Å². The summed E-state index contributed by atoms with van der Waals surface area (Å²) in [5, 5.41) is 15.4. The number of rotatable bonds is 10. The lowest BCUT2D eigenvalue weighted by molar-refractivity contribution is -0.136. The van der Waals surface area contributed by atoms with Crippen molar-refractivity contribution in [2.75, 3.05) is 20.2 Å². The van der Waals surface area contributed by atoms with E-state index in [0.717, 1.165) is 70.5 Å². The molecule has 0 aliphatic carbocycles. The Hall–Kier alpha value is -6.32. The van der Waals surface area contributed by atoms with Gasteiger partial charge in [0.2, 0.25) is 11.8 Å². The van der Waals surface area contributed by atoms with E-state index >= 15 is 0 Å². The second-order valence-corrected chi connectivity index (χ2v) is 15.6. The molecular weight excluding hydrogens is 731 g/mol. The Morgan fingerprint density at radius 2 is 1.42 bits per heavy atom. The van der Waals surface area contributed by atoms with Crippen LogP contribution in [0.5, 0.6) is 11.5 Å². The Balaban J connectivity index is 1.05. The lowest BCUT2D eigenvalue weighted by Gasteiger charge is -2.30. The number of H-pyrrole nitrogens is 2. The van der Waals surface area contributed by atoms with Crippen LogP contribution >= 0.6 is 0 Å². The molecule has 0 unspecified atom stereocenters. The Morgan fingerprint density at radius 1 is 0.825 bits per heavy atom. The van der Waals surface area contributed by atoms with Crippen LogP contribution in [0.4, 0.5) is 9.59 Å². The number of carboxylic acid groups (broad SMARTS) is 1. The molecule has 3 aliphatic rings. The third-order valence-electron chi connectivity index (χ3n) is 11.3. The van der Waals surface area contributed by atoms with Crippen molar-refractivity contribution in [3.05, 3.63) is 66.6 Å². The number of aromatic nitrogens is 5. The number of carbonyl (C=O) groups excluding carboxylic acids is 3. The van der Waals surface area contributed by atoms with Crippen molar-refractivity contribution in [3.8, 4) is 39.7 Å². The van der Waals surface area contributed by atoms with Crippen molar-refractivity contribution in [1.82, 2.24) is 44.9 Å². The van der Waals surface area contributed by atoms with E-state index in [0.29, 0.717) is 30.5 Å². The molecule has 5 N–H and O–H groups in total. The standard InChI is InChI=1S/C41H47N9O7/c1-21(2)33(46-40(53)54)38(51)49-15-6-8-28(49)36-42-19-26(44-36)23-10-12-31-30(18-23)48-17-14-25-24(11-13-32(57-31)35(25)48)27-20-43-37(45-27)29-9-7-16-50(29)39(52)34(22(3)4)47-41(55)56-5/h10-14,17-22,28-29,33-34,46H,6-9,15-16H2,1-5H3,(H,42,44)(H,43,45)(H,47,55)(H,53,54)/t28-,29-,33-,34-/m0/s1. The van der Waals surface area contributed by atoms with Crippen molar-refractivity contribution in [1.29, 1.82) is 0 Å². The summed E-state index contributed by atoms with van der Waals surface area (Å²) in [7, 11) is 1.28. The van der Waals surface area contributed by atoms with Crippen molar-refractivity contribution in [3.63, 3.8) is 0 Å². The fourth-order valence-electron chi connectivity index (χ4n) is 8.45. The van der Waals surface area contributed by atoms with Crippen molar-refractivity contribution in [2.45, 2.75) is 77.5 Å². The van der Waals surface area contributed by atoms with Crippen LogP contribution < -0.4 is 15.4 Å². The molecule has 0 bridgehead atoms. The topological polar surface area (TPSA) is 200 Å². The van der Waals surface area contributed by atoms with E-state index in [2.05, 4.69) is 31.2 Å². The SMILES string of the molecule is COC(=O)N[C@H](C(=O)N1CCC[C@H]1c1ncc(-c2ccc3c4c2ccn4-c2cc(-c4cnc([C@@H]5CCCN5C(=O)[C@@H](NC(=O)O)C(C)C)[nH]4)ccc2O3)[nH]1)C(C)C. The first-order valence-corrected chi connectivity index (χ1v) is 19.4. The summed E-state index contributed by atoms with van der Waals surface area (Å²) in [6, 6.07) is 9.86. The van der Waals surface area contributed by atoms with E-state index in [9.17, 15) is 24.3 Å². The summed E-state index contributed by atoms with van der Waals surface area (Å²) in [5.41, 5.74) is 5.17. The molecule has 5 aromatic rings. The van der Waals surface area contributed by atoms with Gasteiger partial charge in [0.05, 0.1) is 54.2 Å². The molecule has 8 rings (SSSR count). The van der Waals surface area contributed by atoms with Crippen LogP contribution in [0.2, 0.25) is 0 Å². The molecule has 2 fully saturated rings. The molecule has 2 aromatic carbocycles. The van der Waals surface area contributed by atoms with Gasteiger partial charge in [-0.25, -0.2) is 19.6 Å². The first kappa shape index (κ1) is 37.6. The molecule has 2 saturated heterocycles. The number of nitrogens with zero attached hydrogens (tertiary/aromatic N) is 5. The van der Waals surface area contributed by atoms with Gasteiger partial charge in [0, 0.05) is 35.8 Å². The van der Waals surface area contributed by atoms with Crippen LogP contribution in [0.1, 0.15) is 77.1 Å². The van der Waals surface area contributed by atoms with Crippen LogP contribution in [0.3, 0.4) is 0 Å². The normalized spacial score (nSPS) is 18.4. The highest BCUT2D eigenvalue weighted by Gasteiger charge is 2.39. The minimum absolute atomic E-state index is 0.131. The molecule has 16 heteroatoms. The quantitative estimate of drug-likeness (QED) is 0.103. The van der Waals surface area contributed by atoms with E-state index in [1.54, 1.807) is 22.2 Å². The van der Waals surface area contributed by atoms with Crippen LogP contribution in [0.25, 0.3) is 39.1 Å². The number of nitrogens with one attached hydrogen (secondary N) is 4. The maximum Gasteiger partial charge on any atom is 0.407 e. The fourth-order valence-corrected chi connectivity index (χ4v) is 8.45. The van der Waals surface area contributed by atoms with Gasteiger partial charge < -0.3 is 49.5 Å². The average molecular weight is 778 g/mol. The summed E-state index contributed by atoms with van der Waals surface area (Å²) in [4.78, 5) is 70.6. The first-order valence-electron chi connectivity index (χ1n) is 19.4. The monoisotopic (exact) mass is 777 g/mol. The zero-order valence-corrected chi connectivity index (χ0v) is 32.5. The summed E-state index contributed by atoms with van der Waals surface area (Å²) in [6.45, 7) is 8.53. The molecule has 4 amide bonds. The van der Waals surface area contributed by atoms with Gasteiger partial charge in [0.1, 0.15) is 23.7 Å². The number of likely N-dealkylation sites (tertiary alicyclic amines) is 2. The number of benzene rings is 2. The van der Waals surface area contributed by atoms with Crippen molar-refractivity contribution < 1.29 is 33.8 Å². The molecule has 16 nitrogen and oxygen atoms in total. The molecule has 4 atom stereocenters. The second kappa shape index (κ2) is 15.0. The highest BCUT2D eigenvalue weighted by molar-refractivity contribution is 6.00. The number of amides is 4. The summed E-state index contributed by atoms with van der Waals surface area (Å²) in [6.07, 6.45) is 6.80. The predicted molar refractivity (Wildman–Crippen MR) is 210 cm³/mol. The third kappa shape index (κ3) is 6.82. The molecule has 57 heavy (non-hydrogen) atoms. The van der Waals surface area contributed by atoms with Gasteiger partial charge >= 0.3 is 12.2 Å². The van der Waals surface area contributed by atoms with E-state index in [4.69, 9.17) is 19.4 Å². The van der Waals surface area contributed by atoms with E-state index in [1.807, 2.05) is 64.2 Å². The summed E-state index contributed by atoms with van der Waals surface area (Å²) >= 11 is 0. The van der Waals surface area contributed by atoms with Crippen LogP contribution in [0, 0.1) is 11.8 Å². The molecule has 3 aromatic heterocycles. The third-order valence-corrected chi connectivity index (χ3v) is 11.3. The van der Waals surface area contributed by atoms with Gasteiger partial charge in [-0.05, 0) is 73.9 Å². The number of fused-ring (bicyclic) bond motifs is 2. The maximum atomic E-state index is 13.7. The highest BCUT2D eigenvalue weighted by Crippen LogP contribution is 2.45. The van der Waals surface area contributed by atoms with Gasteiger partial charge in [-0.2, -0.15) is 0 Å². The van der Waals surface area contributed by atoms with Crippen LogP contribution in [-0.2, 0) is 14.3 Å². The number of ether oxygens (including phenoxy) is 2. The van der Waals surface area contributed by atoms with Gasteiger partial charge in [-0.3, -0.25) is 9.59 Å². The molecule has 0 spiro atoms.